The Labute approximate surface area is 93.7 Å². The topological polar surface area (TPSA) is 73.3 Å². The number of carbonyl (C=O) groups excluding carboxylic acids is 1. The number of halogens is 3. The monoisotopic (exact) mass is 251 g/mol. The molecule has 0 aliphatic carbocycles. The minimum Gasteiger partial charge on any atom is -0.352 e. The zero-order valence-corrected chi connectivity index (χ0v) is 8.40. The van der Waals surface area contributed by atoms with E-state index in [1.807, 2.05) is 0 Å². The van der Waals surface area contributed by atoms with Crippen LogP contribution in [-0.4, -0.2) is 35.3 Å². The molecule has 1 aromatic rings. The molecule has 0 amide bonds. The summed E-state index contributed by atoms with van der Waals surface area (Å²) in [5, 5.41) is 2.64. The first-order valence-corrected chi connectivity index (χ1v) is 4.41. The van der Waals surface area contributed by atoms with E-state index >= 15 is 0 Å². The van der Waals surface area contributed by atoms with Gasteiger partial charge in [-0.2, -0.15) is 18.1 Å². The summed E-state index contributed by atoms with van der Waals surface area (Å²) in [6, 6.07) is 1.60. The van der Waals surface area contributed by atoms with E-state index in [1.54, 1.807) is 6.07 Å². The first-order valence-electron chi connectivity index (χ1n) is 4.41. The van der Waals surface area contributed by atoms with Crippen molar-refractivity contribution in [3.63, 3.8) is 0 Å². The molecule has 0 spiro atoms. The Kier molecular flexibility index (Phi) is 4.64. The molecule has 1 N–H and O–H groups in total. The molecule has 0 atom stereocenters. The highest BCUT2D eigenvalue weighted by Gasteiger charge is 2.42. The molecular formula is C8H8F3N3O3. The minimum absolute atomic E-state index is 0.0924. The number of alkyl halides is 3. The number of nitrogens with one attached hydrogen (secondary N) is 1. The van der Waals surface area contributed by atoms with Crippen LogP contribution in [0.25, 0.3) is 0 Å². The molecule has 9 heteroatoms. The second-order valence-electron chi connectivity index (χ2n) is 2.69. The van der Waals surface area contributed by atoms with Crippen LogP contribution in [0.2, 0.25) is 0 Å². The van der Waals surface area contributed by atoms with Crippen LogP contribution in [0.1, 0.15) is 0 Å². The predicted octanol–water partition coefficient (Wildman–Crippen LogP) is 0.926. The lowest BCUT2D eigenvalue weighted by Gasteiger charge is -2.06. The van der Waals surface area contributed by atoms with Crippen molar-refractivity contribution in [2.75, 3.05) is 18.5 Å². The third-order valence-electron chi connectivity index (χ3n) is 1.40. The van der Waals surface area contributed by atoms with Gasteiger partial charge in [0.15, 0.2) is 0 Å². The molecule has 94 valence electrons. The van der Waals surface area contributed by atoms with Crippen LogP contribution in [0.4, 0.5) is 19.1 Å². The SMILES string of the molecule is O=C(OOCCNc1ncccn1)C(F)(F)F. The quantitative estimate of drug-likeness (QED) is 0.476. The molecule has 6 nitrogen and oxygen atoms in total. The Balaban J connectivity index is 2.12. The Morgan fingerprint density at radius 1 is 1.35 bits per heavy atom. The van der Waals surface area contributed by atoms with E-state index in [0.717, 1.165) is 0 Å². The molecule has 0 fully saturated rings. The second kappa shape index (κ2) is 5.99. The lowest BCUT2D eigenvalue weighted by atomic mass is 10.6. The second-order valence-corrected chi connectivity index (χ2v) is 2.69. The van der Waals surface area contributed by atoms with Crippen LogP contribution in [0.15, 0.2) is 18.5 Å². The number of hydrogen-bond acceptors (Lipinski definition) is 6. The van der Waals surface area contributed by atoms with E-state index < -0.39 is 12.1 Å². The van der Waals surface area contributed by atoms with Gasteiger partial charge in [0.25, 0.3) is 0 Å². The van der Waals surface area contributed by atoms with Gasteiger partial charge in [0.05, 0.1) is 0 Å². The molecule has 1 rings (SSSR count). The van der Waals surface area contributed by atoms with E-state index in [-0.39, 0.29) is 13.2 Å². The van der Waals surface area contributed by atoms with Crippen molar-refractivity contribution < 1.29 is 27.7 Å². The Bertz CT molecular complexity index is 358. The van der Waals surface area contributed by atoms with Crippen LogP contribution in [-0.2, 0) is 14.6 Å². The number of aromatic nitrogens is 2. The van der Waals surface area contributed by atoms with Crippen molar-refractivity contribution in [1.82, 2.24) is 9.97 Å². The van der Waals surface area contributed by atoms with Crippen LogP contribution in [0.3, 0.4) is 0 Å². The molecule has 0 bridgehead atoms. The molecule has 0 unspecified atom stereocenters. The highest BCUT2D eigenvalue weighted by Crippen LogP contribution is 2.16. The standard InChI is InChI=1S/C8H8F3N3O3/c9-8(10,11)6(15)17-16-5-4-14-7-12-2-1-3-13-7/h1-3H,4-5H2,(H,12,13,14). The molecule has 0 radical (unpaired) electrons. The van der Waals surface area contributed by atoms with Crippen molar-refractivity contribution >= 4 is 11.9 Å². The smallest absolute Gasteiger partial charge is 0.352 e. The molecule has 1 heterocycles. The summed E-state index contributed by atoms with van der Waals surface area (Å²) >= 11 is 0. The average molecular weight is 251 g/mol. The molecule has 0 aliphatic rings. The summed E-state index contributed by atoms with van der Waals surface area (Å²) in [4.78, 5) is 25.3. The Morgan fingerprint density at radius 3 is 2.59 bits per heavy atom. The molecular weight excluding hydrogens is 243 g/mol. The predicted molar refractivity (Wildman–Crippen MR) is 48.6 cm³/mol. The van der Waals surface area contributed by atoms with Crippen LogP contribution in [0.5, 0.6) is 0 Å². The van der Waals surface area contributed by atoms with Gasteiger partial charge >= 0.3 is 12.1 Å². The van der Waals surface area contributed by atoms with Crippen LogP contribution >= 0.6 is 0 Å². The fourth-order valence-corrected chi connectivity index (χ4v) is 0.737. The summed E-state index contributed by atoms with van der Waals surface area (Å²) in [5.41, 5.74) is 0. The highest BCUT2D eigenvalue weighted by atomic mass is 19.4. The zero-order chi connectivity index (χ0) is 12.7. The molecule has 0 aliphatic heterocycles. The van der Waals surface area contributed by atoms with E-state index in [1.165, 1.54) is 12.4 Å². The van der Waals surface area contributed by atoms with E-state index in [4.69, 9.17) is 0 Å². The van der Waals surface area contributed by atoms with Gasteiger partial charge in [0, 0.05) is 18.9 Å². The summed E-state index contributed by atoms with van der Waals surface area (Å²) in [7, 11) is 0. The summed E-state index contributed by atoms with van der Waals surface area (Å²) < 4.78 is 34.9. The third kappa shape index (κ3) is 5.11. The third-order valence-corrected chi connectivity index (χ3v) is 1.40. The number of nitrogens with zero attached hydrogens (tertiary/aromatic N) is 2. The van der Waals surface area contributed by atoms with Gasteiger partial charge in [-0.25, -0.2) is 14.8 Å². The fraction of sp³-hybridized carbons (Fsp3) is 0.375. The van der Waals surface area contributed by atoms with Gasteiger partial charge in [-0.15, -0.1) is 0 Å². The highest BCUT2D eigenvalue weighted by molar-refractivity contribution is 5.74. The van der Waals surface area contributed by atoms with Gasteiger partial charge in [-0.05, 0) is 6.07 Å². The van der Waals surface area contributed by atoms with Crippen molar-refractivity contribution in [2.45, 2.75) is 6.18 Å². The number of carbonyl (C=O) groups is 1. The van der Waals surface area contributed by atoms with Gasteiger partial charge in [-0.1, -0.05) is 0 Å². The van der Waals surface area contributed by atoms with Gasteiger partial charge < -0.3 is 5.32 Å². The van der Waals surface area contributed by atoms with E-state index in [2.05, 4.69) is 25.1 Å². The Morgan fingerprint density at radius 2 is 2.00 bits per heavy atom. The maximum absolute atomic E-state index is 11.6. The van der Waals surface area contributed by atoms with Gasteiger partial charge in [0.2, 0.25) is 5.95 Å². The molecule has 0 aromatic carbocycles. The van der Waals surface area contributed by atoms with Crippen molar-refractivity contribution in [3.05, 3.63) is 18.5 Å². The number of anilines is 1. The summed E-state index contributed by atoms with van der Waals surface area (Å²) in [6.07, 6.45) is -2.09. The van der Waals surface area contributed by atoms with E-state index in [9.17, 15) is 18.0 Å². The molecule has 1 aromatic heterocycles. The first-order chi connectivity index (χ1) is 8.00. The minimum atomic E-state index is -5.06. The lowest BCUT2D eigenvalue weighted by molar-refractivity contribution is -0.299. The normalized spacial score (nSPS) is 11.0. The van der Waals surface area contributed by atoms with Crippen LogP contribution < -0.4 is 5.32 Å². The number of hydrogen-bond donors (Lipinski definition) is 1. The number of rotatable bonds is 5. The molecule has 17 heavy (non-hydrogen) atoms. The first kappa shape index (κ1) is 13.2. The van der Waals surface area contributed by atoms with Crippen molar-refractivity contribution in [3.8, 4) is 0 Å². The summed E-state index contributed by atoms with van der Waals surface area (Å²) in [6.45, 7) is -0.171. The Hall–Kier alpha value is -1.90. The maximum Gasteiger partial charge on any atom is 0.494 e. The van der Waals surface area contributed by atoms with Crippen molar-refractivity contribution in [2.24, 2.45) is 0 Å². The van der Waals surface area contributed by atoms with Crippen molar-refractivity contribution in [1.29, 1.82) is 0 Å². The maximum atomic E-state index is 11.6. The average Bonchev–Trinajstić information content (AvgIpc) is 2.28. The van der Waals surface area contributed by atoms with Gasteiger partial charge in [-0.3, -0.25) is 4.89 Å². The van der Waals surface area contributed by atoms with Crippen LogP contribution in [0, 0.1) is 0 Å². The largest absolute Gasteiger partial charge is 0.494 e. The van der Waals surface area contributed by atoms with E-state index in [0.29, 0.717) is 5.95 Å². The fourth-order valence-electron chi connectivity index (χ4n) is 0.737. The summed E-state index contributed by atoms with van der Waals surface area (Å²) in [5.74, 6) is -2.10. The molecule has 0 saturated carbocycles. The lowest BCUT2D eigenvalue weighted by Crippen LogP contribution is -2.26. The zero-order valence-electron chi connectivity index (χ0n) is 8.40. The molecule has 0 saturated heterocycles. The van der Waals surface area contributed by atoms with Gasteiger partial charge in [0.1, 0.15) is 6.61 Å².